The van der Waals surface area contributed by atoms with Crippen molar-refractivity contribution in [2.75, 3.05) is 6.26 Å². The van der Waals surface area contributed by atoms with E-state index in [0.717, 1.165) is 23.4 Å². The molecule has 1 heterocycles. The molecule has 1 saturated carbocycles. The number of thioether (sulfide) groups is 1. The van der Waals surface area contributed by atoms with Crippen LogP contribution in [0.1, 0.15) is 23.2 Å². The number of nitrogens with zero attached hydrogens (tertiary/aromatic N) is 1. The highest BCUT2D eigenvalue weighted by atomic mass is 32.2. The van der Waals surface area contributed by atoms with Gasteiger partial charge in [-0.25, -0.2) is 4.98 Å². The fourth-order valence-corrected chi connectivity index (χ4v) is 1.59. The first-order valence-corrected chi connectivity index (χ1v) is 5.58. The smallest absolute Gasteiger partial charge is 0.167 e. The zero-order chi connectivity index (χ0) is 9.26. The van der Waals surface area contributed by atoms with E-state index in [1.54, 1.807) is 18.0 Å². The molecule has 13 heavy (non-hydrogen) atoms. The Labute approximate surface area is 81.8 Å². The van der Waals surface area contributed by atoms with Crippen molar-refractivity contribution in [2.24, 2.45) is 5.92 Å². The van der Waals surface area contributed by atoms with E-state index in [2.05, 4.69) is 4.98 Å². The van der Waals surface area contributed by atoms with Crippen molar-refractivity contribution in [1.29, 1.82) is 0 Å². The Morgan fingerprint density at radius 2 is 2.31 bits per heavy atom. The van der Waals surface area contributed by atoms with Crippen LogP contribution in [0.15, 0.2) is 23.4 Å². The molecule has 0 aliphatic heterocycles. The van der Waals surface area contributed by atoms with Crippen molar-refractivity contribution < 1.29 is 4.79 Å². The highest BCUT2D eigenvalue weighted by Crippen LogP contribution is 2.32. The Bertz CT molecular complexity index is 316. The molecule has 0 unspecified atom stereocenters. The van der Waals surface area contributed by atoms with Crippen LogP contribution in [0, 0.1) is 5.92 Å². The second kappa shape index (κ2) is 3.50. The molecule has 1 aromatic heterocycles. The van der Waals surface area contributed by atoms with E-state index in [9.17, 15) is 4.79 Å². The van der Waals surface area contributed by atoms with Gasteiger partial charge >= 0.3 is 0 Å². The van der Waals surface area contributed by atoms with Crippen molar-refractivity contribution in [3.63, 3.8) is 0 Å². The van der Waals surface area contributed by atoms with E-state index in [0.29, 0.717) is 5.92 Å². The molecule has 1 aliphatic carbocycles. The summed E-state index contributed by atoms with van der Waals surface area (Å²) in [5.74, 6) is 0.557. The average Bonchev–Trinajstić information content (AvgIpc) is 3.00. The first-order valence-electron chi connectivity index (χ1n) is 4.35. The molecule has 0 bridgehead atoms. The van der Waals surface area contributed by atoms with Crippen LogP contribution >= 0.6 is 11.8 Å². The lowest BCUT2D eigenvalue weighted by molar-refractivity contribution is 0.0967. The molecule has 0 radical (unpaired) electrons. The largest absolute Gasteiger partial charge is 0.294 e. The minimum Gasteiger partial charge on any atom is -0.294 e. The van der Waals surface area contributed by atoms with Crippen molar-refractivity contribution in [1.82, 2.24) is 4.98 Å². The maximum absolute atomic E-state index is 11.6. The number of hydrogen-bond donors (Lipinski definition) is 0. The molecule has 2 rings (SSSR count). The Kier molecular flexibility index (Phi) is 2.36. The molecule has 0 amide bonds. The molecule has 0 spiro atoms. The minimum atomic E-state index is 0.264. The van der Waals surface area contributed by atoms with Crippen LogP contribution in [0.2, 0.25) is 0 Å². The van der Waals surface area contributed by atoms with Gasteiger partial charge in [0.1, 0.15) is 0 Å². The van der Waals surface area contributed by atoms with Crippen LogP contribution in [-0.2, 0) is 0 Å². The first kappa shape index (κ1) is 8.75. The van der Waals surface area contributed by atoms with Crippen LogP contribution in [0.3, 0.4) is 0 Å². The summed E-state index contributed by atoms with van der Waals surface area (Å²) >= 11 is 1.59. The van der Waals surface area contributed by atoms with Crippen molar-refractivity contribution >= 4 is 17.5 Å². The summed E-state index contributed by atoms with van der Waals surface area (Å²) in [6, 6.07) is 3.78. The third-order valence-electron chi connectivity index (χ3n) is 2.18. The summed E-state index contributed by atoms with van der Waals surface area (Å²) in [4.78, 5) is 15.7. The topological polar surface area (TPSA) is 30.0 Å². The van der Waals surface area contributed by atoms with E-state index in [4.69, 9.17) is 0 Å². The van der Waals surface area contributed by atoms with Crippen molar-refractivity contribution in [3.8, 4) is 0 Å². The van der Waals surface area contributed by atoms with E-state index in [-0.39, 0.29) is 5.78 Å². The van der Waals surface area contributed by atoms with Gasteiger partial charge in [-0.05, 0) is 31.2 Å². The summed E-state index contributed by atoms with van der Waals surface area (Å²) in [5.41, 5.74) is 0.764. The zero-order valence-electron chi connectivity index (χ0n) is 7.49. The standard InChI is InChI=1S/C10H11NOS/c1-13-9-5-4-8(6-11-9)10(12)7-2-3-7/h4-7H,2-3H2,1H3. The molecule has 2 nitrogen and oxygen atoms in total. The molecular formula is C10H11NOS. The zero-order valence-corrected chi connectivity index (χ0v) is 8.30. The summed E-state index contributed by atoms with van der Waals surface area (Å²) in [6.45, 7) is 0. The van der Waals surface area contributed by atoms with Gasteiger partial charge in [0.25, 0.3) is 0 Å². The van der Waals surface area contributed by atoms with Crippen molar-refractivity contribution in [2.45, 2.75) is 17.9 Å². The molecule has 1 fully saturated rings. The van der Waals surface area contributed by atoms with Gasteiger partial charge in [-0.2, -0.15) is 0 Å². The molecule has 0 saturated heterocycles. The molecule has 0 aromatic carbocycles. The quantitative estimate of drug-likeness (QED) is 0.545. The minimum absolute atomic E-state index is 0.264. The molecule has 0 N–H and O–H groups in total. The predicted molar refractivity (Wildman–Crippen MR) is 53.1 cm³/mol. The summed E-state index contributed by atoms with van der Waals surface area (Å²) in [5, 5.41) is 0.965. The third-order valence-corrected chi connectivity index (χ3v) is 2.84. The molecule has 68 valence electrons. The van der Waals surface area contributed by atoms with Gasteiger partial charge < -0.3 is 0 Å². The third kappa shape index (κ3) is 1.91. The van der Waals surface area contributed by atoms with Crippen LogP contribution in [0.5, 0.6) is 0 Å². The Morgan fingerprint density at radius 1 is 1.54 bits per heavy atom. The summed E-state index contributed by atoms with van der Waals surface area (Å²) in [6.07, 6.45) is 5.78. The summed E-state index contributed by atoms with van der Waals surface area (Å²) in [7, 11) is 0. The van der Waals surface area contributed by atoms with Crippen molar-refractivity contribution in [3.05, 3.63) is 23.9 Å². The number of rotatable bonds is 3. The van der Waals surface area contributed by atoms with Crippen LogP contribution < -0.4 is 0 Å². The maximum atomic E-state index is 11.6. The SMILES string of the molecule is CSc1ccc(C(=O)C2CC2)cn1. The highest BCUT2D eigenvalue weighted by molar-refractivity contribution is 7.98. The van der Waals surface area contributed by atoms with Crippen LogP contribution in [0.4, 0.5) is 0 Å². The number of aromatic nitrogens is 1. The van der Waals surface area contributed by atoms with E-state index in [1.807, 2.05) is 18.4 Å². The van der Waals surface area contributed by atoms with E-state index < -0.39 is 0 Å². The molecule has 1 aliphatic rings. The monoisotopic (exact) mass is 193 g/mol. The van der Waals surface area contributed by atoms with Gasteiger partial charge in [-0.1, -0.05) is 0 Å². The summed E-state index contributed by atoms with van der Waals surface area (Å²) < 4.78 is 0. The number of Topliss-reactive ketones (excluding diaryl/α,β-unsaturated/α-hetero) is 1. The lowest BCUT2D eigenvalue weighted by Crippen LogP contribution is -2.01. The predicted octanol–water partition coefficient (Wildman–Crippen LogP) is 2.40. The number of hydrogen-bond acceptors (Lipinski definition) is 3. The van der Waals surface area contributed by atoms with Gasteiger partial charge in [-0.15, -0.1) is 11.8 Å². The van der Waals surface area contributed by atoms with Gasteiger partial charge in [0.2, 0.25) is 0 Å². The van der Waals surface area contributed by atoms with E-state index >= 15 is 0 Å². The fourth-order valence-electron chi connectivity index (χ4n) is 1.23. The van der Waals surface area contributed by atoms with Gasteiger partial charge in [-0.3, -0.25) is 4.79 Å². The Balaban J connectivity index is 2.16. The second-order valence-corrected chi connectivity index (χ2v) is 4.05. The van der Waals surface area contributed by atoms with Gasteiger partial charge in [0.05, 0.1) is 5.03 Å². The number of pyridine rings is 1. The maximum Gasteiger partial charge on any atom is 0.167 e. The number of carbonyl (C=O) groups is 1. The molecule has 3 heteroatoms. The fraction of sp³-hybridized carbons (Fsp3) is 0.400. The molecule has 1 aromatic rings. The number of carbonyl (C=O) groups excluding carboxylic acids is 1. The second-order valence-electron chi connectivity index (χ2n) is 3.23. The molecular weight excluding hydrogens is 182 g/mol. The lowest BCUT2D eigenvalue weighted by Gasteiger charge is -1.98. The van der Waals surface area contributed by atoms with Gasteiger partial charge in [0, 0.05) is 17.7 Å². The Morgan fingerprint density at radius 3 is 2.77 bits per heavy atom. The average molecular weight is 193 g/mol. The van der Waals surface area contributed by atoms with Gasteiger partial charge in [0.15, 0.2) is 5.78 Å². The molecule has 0 atom stereocenters. The first-order chi connectivity index (χ1) is 6.31. The van der Waals surface area contributed by atoms with Crippen LogP contribution in [-0.4, -0.2) is 17.0 Å². The normalized spacial score (nSPS) is 15.8. The van der Waals surface area contributed by atoms with Crippen LogP contribution in [0.25, 0.3) is 0 Å². The Hall–Kier alpha value is -0.830. The number of ketones is 1. The lowest BCUT2D eigenvalue weighted by atomic mass is 10.1. The van der Waals surface area contributed by atoms with E-state index in [1.165, 1.54) is 0 Å². The highest BCUT2D eigenvalue weighted by Gasteiger charge is 2.30.